The number of hydrogen-bond acceptors (Lipinski definition) is 4. The van der Waals surface area contributed by atoms with Crippen LogP contribution in [0, 0.1) is 0 Å². The highest BCUT2D eigenvalue weighted by molar-refractivity contribution is 6.39. The second-order valence-corrected chi connectivity index (χ2v) is 6.12. The molecule has 1 N–H and O–H groups in total. The summed E-state index contributed by atoms with van der Waals surface area (Å²) in [5, 5.41) is 6.61. The van der Waals surface area contributed by atoms with Crippen molar-refractivity contribution < 1.29 is 9.59 Å². The van der Waals surface area contributed by atoms with Crippen molar-refractivity contribution in [2.24, 2.45) is 7.05 Å². The van der Waals surface area contributed by atoms with E-state index < -0.39 is 11.8 Å². The van der Waals surface area contributed by atoms with E-state index in [9.17, 15) is 9.59 Å². The van der Waals surface area contributed by atoms with Gasteiger partial charge in [-0.1, -0.05) is 6.42 Å². The zero-order chi connectivity index (χ0) is 15.5. The van der Waals surface area contributed by atoms with Crippen molar-refractivity contribution in [3.05, 3.63) is 12.3 Å². The van der Waals surface area contributed by atoms with Gasteiger partial charge in [0.1, 0.15) is 0 Å². The molecule has 2 fully saturated rings. The molecule has 2 aliphatic rings. The maximum atomic E-state index is 12.2. The number of anilines is 1. The lowest BCUT2D eigenvalue weighted by Gasteiger charge is -2.32. The fraction of sp³-hybridized carbons (Fsp3) is 0.667. The Morgan fingerprint density at radius 2 is 2.00 bits per heavy atom. The first-order valence-electron chi connectivity index (χ1n) is 7.97. The Morgan fingerprint density at radius 1 is 1.23 bits per heavy atom. The van der Waals surface area contributed by atoms with Crippen LogP contribution in [0.2, 0.25) is 0 Å². The summed E-state index contributed by atoms with van der Waals surface area (Å²) in [5.41, 5.74) is 0. The minimum absolute atomic E-state index is 0.409. The second-order valence-electron chi connectivity index (χ2n) is 6.12. The van der Waals surface area contributed by atoms with Crippen LogP contribution in [-0.4, -0.2) is 63.6 Å². The average molecular weight is 305 g/mol. The standard InChI is InChI=1S/C15H23N5O2/c1-18-9-6-13(17-18)16-14(21)15(22)20-10-5-12(11-20)19-7-3-2-4-8-19/h6,9,12H,2-5,7-8,10-11H2,1H3,(H,16,17,21). The normalized spacial score (nSPS) is 22.8. The molecule has 0 aromatic carbocycles. The van der Waals surface area contributed by atoms with Crippen molar-refractivity contribution in [2.75, 3.05) is 31.5 Å². The molecule has 2 amide bonds. The van der Waals surface area contributed by atoms with Gasteiger partial charge in [0.25, 0.3) is 0 Å². The van der Waals surface area contributed by atoms with E-state index in [1.165, 1.54) is 19.3 Å². The minimum Gasteiger partial charge on any atom is -0.333 e. The Balaban J connectivity index is 1.53. The first-order valence-corrected chi connectivity index (χ1v) is 7.97. The summed E-state index contributed by atoms with van der Waals surface area (Å²) >= 11 is 0. The van der Waals surface area contributed by atoms with Gasteiger partial charge in [-0.2, -0.15) is 5.10 Å². The van der Waals surface area contributed by atoms with Crippen LogP contribution in [0.1, 0.15) is 25.7 Å². The van der Waals surface area contributed by atoms with Crippen LogP contribution in [0.3, 0.4) is 0 Å². The minimum atomic E-state index is -0.599. The van der Waals surface area contributed by atoms with Crippen LogP contribution in [0.15, 0.2) is 12.3 Å². The summed E-state index contributed by atoms with van der Waals surface area (Å²) < 4.78 is 1.59. The molecular formula is C15H23N5O2. The monoisotopic (exact) mass is 305 g/mol. The van der Waals surface area contributed by atoms with E-state index in [1.54, 1.807) is 28.9 Å². The highest BCUT2D eigenvalue weighted by Crippen LogP contribution is 2.20. The fourth-order valence-electron chi connectivity index (χ4n) is 3.30. The van der Waals surface area contributed by atoms with Gasteiger partial charge >= 0.3 is 11.8 Å². The van der Waals surface area contributed by atoms with E-state index in [0.717, 1.165) is 19.5 Å². The van der Waals surface area contributed by atoms with Crippen LogP contribution < -0.4 is 5.32 Å². The van der Waals surface area contributed by atoms with Crippen molar-refractivity contribution in [1.82, 2.24) is 19.6 Å². The zero-order valence-electron chi connectivity index (χ0n) is 13.0. The average Bonchev–Trinajstić information content (AvgIpc) is 3.17. The topological polar surface area (TPSA) is 70.5 Å². The molecule has 120 valence electrons. The van der Waals surface area contributed by atoms with Crippen LogP contribution in [0.25, 0.3) is 0 Å². The summed E-state index contributed by atoms with van der Waals surface area (Å²) in [6.07, 6.45) is 6.47. The summed E-state index contributed by atoms with van der Waals surface area (Å²) in [6.45, 7) is 3.56. The van der Waals surface area contributed by atoms with Gasteiger partial charge < -0.3 is 10.2 Å². The number of hydrogen-bond donors (Lipinski definition) is 1. The quantitative estimate of drug-likeness (QED) is 0.805. The summed E-state index contributed by atoms with van der Waals surface area (Å²) in [7, 11) is 1.77. The number of nitrogens with zero attached hydrogens (tertiary/aromatic N) is 4. The number of nitrogens with one attached hydrogen (secondary N) is 1. The molecule has 7 heteroatoms. The Labute approximate surface area is 130 Å². The largest absolute Gasteiger partial charge is 0.333 e. The van der Waals surface area contributed by atoms with E-state index in [0.29, 0.717) is 24.9 Å². The molecule has 0 bridgehead atoms. The van der Waals surface area contributed by atoms with Gasteiger partial charge in [0, 0.05) is 38.4 Å². The van der Waals surface area contributed by atoms with Crippen LogP contribution in [0.5, 0.6) is 0 Å². The molecule has 0 radical (unpaired) electrons. The van der Waals surface area contributed by atoms with Crippen LogP contribution in [-0.2, 0) is 16.6 Å². The molecule has 0 saturated carbocycles. The molecular weight excluding hydrogens is 282 g/mol. The molecule has 2 saturated heterocycles. The molecule has 0 aliphatic carbocycles. The van der Waals surface area contributed by atoms with Crippen molar-refractivity contribution in [2.45, 2.75) is 31.7 Å². The number of aromatic nitrogens is 2. The molecule has 1 atom stereocenters. The maximum Gasteiger partial charge on any atom is 0.315 e. The van der Waals surface area contributed by atoms with E-state index in [4.69, 9.17) is 0 Å². The lowest BCUT2D eigenvalue weighted by Crippen LogP contribution is -2.43. The predicted molar refractivity (Wildman–Crippen MR) is 82.2 cm³/mol. The molecule has 1 aromatic heterocycles. The van der Waals surface area contributed by atoms with Crippen LogP contribution >= 0.6 is 0 Å². The molecule has 7 nitrogen and oxygen atoms in total. The third-order valence-corrected chi connectivity index (χ3v) is 4.51. The highest BCUT2D eigenvalue weighted by Gasteiger charge is 2.33. The van der Waals surface area contributed by atoms with Crippen molar-refractivity contribution in [1.29, 1.82) is 0 Å². The third kappa shape index (κ3) is 3.30. The van der Waals surface area contributed by atoms with Crippen LogP contribution in [0.4, 0.5) is 5.82 Å². The van der Waals surface area contributed by atoms with Gasteiger partial charge in [-0.15, -0.1) is 0 Å². The van der Waals surface area contributed by atoms with Crippen molar-refractivity contribution >= 4 is 17.6 Å². The Kier molecular flexibility index (Phi) is 4.42. The lowest BCUT2D eigenvalue weighted by molar-refractivity contribution is -0.142. The SMILES string of the molecule is Cn1ccc(NC(=O)C(=O)N2CCC(N3CCCCC3)C2)n1. The van der Waals surface area contributed by atoms with Crippen molar-refractivity contribution in [3.8, 4) is 0 Å². The maximum absolute atomic E-state index is 12.2. The van der Waals surface area contributed by atoms with Gasteiger partial charge in [0.05, 0.1) is 0 Å². The number of carbonyl (C=O) groups excluding carboxylic acids is 2. The van der Waals surface area contributed by atoms with E-state index >= 15 is 0 Å². The third-order valence-electron chi connectivity index (χ3n) is 4.51. The summed E-state index contributed by atoms with van der Waals surface area (Å²) in [4.78, 5) is 28.4. The van der Waals surface area contributed by atoms with E-state index in [1.807, 2.05) is 0 Å². The van der Waals surface area contributed by atoms with E-state index in [-0.39, 0.29) is 0 Å². The zero-order valence-corrected chi connectivity index (χ0v) is 13.0. The molecule has 0 spiro atoms. The first kappa shape index (κ1) is 15.0. The second kappa shape index (κ2) is 6.48. The number of piperidine rings is 1. The lowest BCUT2D eigenvalue weighted by atomic mass is 10.1. The highest BCUT2D eigenvalue weighted by atomic mass is 16.2. The Bertz CT molecular complexity index is 550. The van der Waals surface area contributed by atoms with Gasteiger partial charge in [-0.05, 0) is 32.4 Å². The van der Waals surface area contributed by atoms with Gasteiger partial charge in [-0.3, -0.25) is 19.2 Å². The van der Waals surface area contributed by atoms with Crippen molar-refractivity contribution in [3.63, 3.8) is 0 Å². The number of rotatable bonds is 2. The number of amides is 2. The molecule has 3 heterocycles. The molecule has 22 heavy (non-hydrogen) atoms. The van der Waals surface area contributed by atoms with E-state index in [2.05, 4.69) is 15.3 Å². The number of likely N-dealkylation sites (tertiary alicyclic amines) is 2. The van der Waals surface area contributed by atoms with Gasteiger partial charge in [0.2, 0.25) is 0 Å². The summed E-state index contributed by atoms with van der Waals surface area (Å²) in [5.74, 6) is -0.643. The number of aryl methyl sites for hydroxylation is 1. The predicted octanol–water partition coefficient (Wildman–Crippen LogP) is 0.445. The molecule has 2 aliphatic heterocycles. The molecule has 1 aromatic rings. The molecule has 1 unspecified atom stereocenters. The number of carbonyl (C=O) groups is 2. The molecule has 3 rings (SSSR count). The Hall–Kier alpha value is -1.89. The first-order chi connectivity index (χ1) is 10.6. The van der Waals surface area contributed by atoms with Gasteiger partial charge in [-0.25, -0.2) is 0 Å². The van der Waals surface area contributed by atoms with Gasteiger partial charge in [0.15, 0.2) is 5.82 Å². The summed E-state index contributed by atoms with van der Waals surface area (Å²) in [6, 6.07) is 2.08. The smallest absolute Gasteiger partial charge is 0.315 e. The fourth-order valence-corrected chi connectivity index (χ4v) is 3.30. The Morgan fingerprint density at radius 3 is 2.68 bits per heavy atom.